The van der Waals surface area contributed by atoms with E-state index in [1.165, 1.54) is 30.8 Å². The lowest BCUT2D eigenvalue weighted by Gasteiger charge is -2.25. The summed E-state index contributed by atoms with van der Waals surface area (Å²) in [5.74, 6) is -1.63. The zero-order valence-corrected chi connectivity index (χ0v) is 12.3. The number of hydrogen-bond acceptors (Lipinski definition) is 3. The molecule has 110 valence electrons. The molecule has 0 radical (unpaired) electrons. The maximum Gasteiger partial charge on any atom is 0.329 e. The molecule has 0 saturated heterocycles. The number of carbonyl (C=O) groups is 2. The predicted octanol–water partition coefficient (Wildman–Crippen LogP) is 2.68. The third-order valence-corrected chi connectivity index (χ3v) is 3.83. The lowest BCUT2D eigenvalue weighted by molar-refractivity contribution is -0.146. The van der Waals surface area contributed by atoms with E-state index in [0.717, 1.165) is 4.90 Å². The van der Waals surface area contributed by atoms with Gasteiger partial charge in [-0.05, 0) is 37.6 Å². The first-order valence-corrected chi connectivity index (χ1v) is 7.28. The molecule has 1 aromatic carbocycles. The first-order chi connectivity index (χ1) is 9.37. The SMILES string of the molecule is CCCC(C)(NC(=O)CSc1ccc(F)cc1)C(=O)O. The Balaban J connectivity index is 2.54. The first kappa shape index (κ1) is 16.5. The van der Waals surface area contributed by atoms with Crippen LogP contribution in [0.3, 0.4) is 0 Å². The zero-order chi connectivity index (χ0) is 15.2. The van der Waals surface area contributed by atoms with E-state index < -0.39 is 11.5 Å². The zero-order valence-electron chi connectivity index (χ0n) is 11.5. The molecule has 0 aliphatic heterocycles. The summed E-state index contributed by atoms with van der Waals surface area (Å²) in [5, 5.41) is 11.7. The van der Waals surface area contributed by atoms with Gasteiger partial charge in [-0.2, -0.15) is 0 Å². The van der Waals surface area contributed by atoms with E-state index in [2.05, 4.69) is 5.32 Å². The van der Waals surface area contributed by atoms with E-state index in [0.29, 0.717) is 12.8 Å². The van der Waals surface area contributed by atoms with Gasteiger partial charge in [-0.15, -0.1) is 11.8 Å². The summed E-state index contributed by atoms with van der Waals surface area (Å²) in [6, 6.07) is 5.79. The Hall–Kier alpha value is -1.56. The van der Waals surface area contributed by atoms with Gasteiger partial charge in [0, 0.05) is 4.90 Å². The van der Waals surface area contributed by atoms with Crippen molar-refractivity contribution in [3.05, 3.63) is 30.1 Å². The third-order valence-electron chi connectivity index (χ3n) is 2.82. The minimum absolute atomic E-state index is 0.0955. The Kier molecular flexibility index (Phi) is 6.01. The van der Waals surface area contributed by atoms with Crippen molar-refractivity contribution in [1.29, 1.82) is 0 Å². The molecule has 1 rings (SSSR count). The van der Waals surface area contributed by atoms with Gasteiger partial charge in [-0.3, -0.25) is 4.79 Å². The second-order valence-corrected chi connectivity index (χ2v) is 5.73. The fourth-order valence-corrected chi connectivity index (χ4v) is 2.44. The number of aliphatic carboxylic acids is 1. The Morgan fingerprint density at radius 2 is 1.95 bits per heavy atom. The molecule has 1 aromatic rings. The largest absolute Gasteiger partial charge is 0.480 e. The van der Waals surface area contributed by atoms with Crippen LogP contribution in [0.5, 0.6) is 0 Å². The van der Waals surface area contributed by atoms with Crippen molar-refractivity contribution in [2.24, 2.45) is 0 Å². The Morgan fingerprint density at radius 1 is 1.35 bits per heavy atom. The van der Waals surface area contributed by atoms with E-state index in [-0.39, 0.29) is 17.5 Å². The molecule has 6 heteroatoms. The van der Waals surface area contributed by atoms with Gasteiger partial charge in [0.1, 0.15) is 11.4 Å². The second-order valence-electron chi connectivity index (χ2n) is 4.68. The fourth-order valence-electron chi connectivity index (χ4n) is 1.75. The number of carbonyl (C=O) groups excluding carboxylic acids is 1. The molecular weight excluding hydrogens is 281 g/mol. The van der Waals surface area contributed by atoms with Crippen LogP contribution < -0.4 is 5.32 Å². The van der Waals surface area contributed by atoms with Crippen LogP contribution in [-0.2, 0) is 9.59 Å². The number of benzene rings is 1. The van der Waals surface area contributed by atoms with Crippen LogP contribution in [0.2, 0.25) is 0 Å². The molecule has 1 amide bonds. The highest BCUT2D eigenvalue weighted by atomic mass is 32.2. The smallest absolute Gasteiger partial charge is 0.329 e. The van der Waals surface area contributed by atoms with Gasteiger partial charge in [0.05, 0.1) is 5.75 Å². The molecule has 1 unspecified atom stereocenters. The standard InChI is InChI=1S/C14H18FNO3S/c1-3-8-14(2,13(18)19)16-12(17)9-20-11-6-4-10(15)5-7-11/h4-7H,3,8-9H2,1-2H3,(H,16,17)(H,18,19). The summed E-state index contributed by atoms with van der Waals surface area (Å²) in [4.78, 5) is 23.8. The van der Waals surface area contributed by atoms with E-state index in [4.69, 9.17) is 5.11 Å². The number of carboxylic acids is 1. The molecule has 1 atom stereocenters. The molecule has 20 heavy (non-hydrogen) atoms. The van der Waals surface area contributed by atoms with Crippen LogP contribution in [0.15, 0.2) is 29.2 Å². The molecule has 0 aliphatic carbocycles. The van der Waals surface area contributed by atoms with Crippen LogP contribution in [0.4, 0.5) is 4.39 Å². The van der Waals surface area contributed by atoms with E-state index in [1.54, 1.807) is 12.1 Å². The van der Waals surface area contributed by atoms with Gasteiger partial charge < -0.3 is 10.4 Å². The van der Waals surface area contributed by atoms with Crippen molar-refractivity contribution in [3.63, 3.8) is 0 Å². The summed E-state index contributed by atoms with van der Waals surface area (Å²) >= 11 is 1.24. The van der Waals surface area contributed by atoms with Crippen LogP contribution in [0, 0.1) is 5.82 Å². The van der Waals surface area contributed by atoms with Gasteiger partial charge in [0.2, 0.25) is 5.91 Å². The molecule has 0 heterocycles. The van der Waals surface area contributed by atoms with Gasteiger partial charge in [-0.1, -0.05) is 13.3 Å². The molecule has 0 fully saturated rings. The molecule has 4 nitrogen and oxygen atoms in total. The highest BCUT2D eigenvalue weighted by Crippen LogP contribution is 2.19. The summed E-state index contributed by atoms with van der Waals surface area (Å²) in [5.41, 5.74) is -1.24. The number of thioether (sulfide) groups is 1. The average Bonchev–Trinajstić information content (AvgIpc) is 2.38. The Morgan fingerprint density at radius 3 is 2.45 bits per heavy atom. The number of rotatable bonds is 7. The number of carboxylic acid groups (broad SMARTS) is 1. The van der Waals surface area contributed by atoms with Gasteiger partial charge in [0.25, 0.3) is 0 Å². The van der Waals surface area contributed by atoms with Gasteiger partial charge in [-0.25, -0.2) is 9.18 Å². The third kappa shape index (κ3) is 4.85. The lowest BCUT2D eigenvalue weighted by atomic mass is 9.96. The monoisotopic (exact) mass is 299 g/mol. The Labute approximate surface area is 121 Å². The van der Waals surface area contributed by atoms with Gasteiger partial charge in [0.15, 0.2) is 0 Å². The quantitative estimate of drug-likeness (QED) is 0.760. The van der Waals surface area contributed by atoms with Crippen molar-refractivity contribution in [1.82, 2.24) is 5.32 Å². The van der Waals surface area contributed by atoms with Crippen molar-refractivity contribution >= 4 is 23.6 Å². The number of hydrogen-bond donors (Lipinski definition) is 2. The van der Waals surface area contributed by atoms with E-state index in [1.807, 2.05) is 6.92 Å². The number of nitrogens with one attached hydrogen (secondary N) is 1. The highest BCUT2D eigenvalue weighted by molar-refractivity contribution is 8.00. The molecule has 0 aliphatic rings. The summed E-state index contributed by atoms with van der Waals surface area (Å²) in [6.07, 6.45) is 1.03. The van der Waals surface area contributed by atoms with Crippen molar-refractivity contribution in [2.75, 3.05) is 5.75 Å². The Bertz CT molecular complexity index is 478. The minimum atomic E-state index is -1.24. The topological polar surface area (TPSA) is 66.4 Å². The lowest BCUT2D eigenvalue weighted by Crippen LogP contribution is -2.52. The van der Waals surface area contributed by atoms with Crippen LogP contribution in [-0.4, -0.2) is 28.3 Å². The number of amides is 1. The molecule has 0 bridgehead atoms. The predicted molar refractivity (Wildman–Crippen MR) is 76.2 cm³/mol. The average molecular weight is 299 g/mol. The van der Waals surface area contributed by atoms with Crippen LogP contribution in [0.25, 0.3) is 0 Å². The first-order valence-electron chi connectivity index (χ1n) is 6.30. The van der Waals surface area contributed by atoms with Gasteiger partial charge >= 0.3 is 5.97 Å². The normalized spacial score (nSPS) is 13.6. The number of halogens is 1. The molecular formula is C14H18FNO3S. The highest BCUT2D eigenvalue weighted by Gasteiger charge is 2.33. The summed E-state index contributed by atoms with van der Waals surface area (Å²) in [6.45, 7) is 3.36. The van der Waals surface area contributed by atoms with Crippen molar-refractivity contribution < 1.29 is 19.1 Å². The molecule has 0 aromatic heterocycles. The van der Waals surface area contributed by atoms with Crippen molar-refractivity contribution in [2.45, 2.75) is 37.1 Å². The second kappa shape index (κ2) is 7.28. The fraction of sp³-hybridized carbons (Fsp3) is 0.429. The summed E-state index contributed by atoms with van der Waals surface area (Å²) in [7, 11) is 0. The van der Waals surface area contributed by atoms with E-state index in [9.17, 15) is 14.0 Å². The van der Waals surface area contributed by atoms with E-state index >= 15 is 0 Å². The molecule has 2 N–H and O–H groups in total. The van der Waals surface area contributed by atoms with Crippen LogP contribution >= 0.6 is 11.8 Å². The maximum absolute atomic E-state index is 12.7. The molecule has 0 spiro atoms. The maximum atomic E-state index is 12.7. The van der Waals surface area contributed by atoms with Crippen molar-refractivity contribution in [3.8, 4) is 0 Å². The summed E-state index contributed by atoms with van der Waals surface area (Å²) < 4.78 is 12.7. The van der Waals surface area contributed by atoms with Crippen LogP contribution in [0.1, 0.15) is 26.7 Å². The minimum Gasteiger partial charge on any atom is -0.480 e. The molecule has 0 saturated carbocycles.